The molecule has 0 spiro atoms. The number of aromatic nitrogens is 1. The number of oxazole rings is 1. The molecule has 3 saturated heterocycles. The molecule has 14 nitrogen and oxygen atoms in total. The molecule has 70 heavy (non-hydrogen) atoms. The summed E-state index contributed by atoms with van der Waals surface area (Å²) in [7, 11) is 0. The van der Waals surface area contributed by atoms with Crippen LogP contribution in [-0.4, -0.2) is 98.5 Å². The van der Waals surface area contributed by atoms with Crippen molar-refractivity contribution in [2.24, 2.45) is 5.41 Å². The number of thiocarbonyl (C=S) groups is 1. The van der Waals surface area contributed by atoms with E-state index < -0.39 is 29.1 Å². The maximum Gasteiger partial charge on any atom is 0.259 e. The maximum absolute atomic E-state index is 14.1. The molecule has 8 rings (SSSR count). The van der Waals surface area contributed by atoms with Crippen LogP contribution >= 0.6 is 23.8 Å². The van der Waals surface area contributed by atoms with Crippen LogP contribution in [0, 0.1) is 16.7 Å². The highest BCUT2D eigenvalue weighted by molar-refractivity contribution is 7.81. The molecule has 4 heterocycles. The van der Waals surface area contributed by atoms with Crippen molar-refractivity contribution in [2.45, 2.75) is 103 Å². The van der Waals surface area contributed by atoms with Crippen molar-refractivity contribution < 1.29 is 28.7 Å². The Morgan fingerprint density at radius 1 is 0.957 bits per heavy atom. The Labute approximate surface area is 419 Å². The minimum absolute atomic E-state index is 0.0121. The normalized spacial score (nSPS) is 19.0. The van der Waals surface area contributed by atoms with Gasteiger partial charge in [0.05, 0.1) is 28.6 Å². The first kappa shape index (κ1) is 50.0. The number of carbonyl (C=O) groups excluding carboxylic acids is 4. The van der Waals surface area contributed by atoms with Gasteiger partial charge in [-0.3, -0.25) is 24.1 Å². The lowest BCUT2D eigenvalue weighted by Gasteiger charge is -2.35. The highest BCUT2D eigenvalue weighted by Crippen LogP contribution is 2.39. The SMILES string of the molecule is CC(C)(C)C(NC(=O)CCCN1CCC(c2ccc(-c3ccc(N4C(=S)N(c5ccc(C#N)c(Cl)c5)C(=O)C4(C)C)cc3)cc2)CC1)C(=O)N1C[C@H](O)C[C@H]1C(=O)NCc1ccc(-c2cnco2)cc1. The van der Waals surface area contributed by atoms with Gasteiger partial charge in [-0.15, -0.1) is 0 Å². The number of benzene rings is 4. The van der Waals surface area contributed by atoms with E-state index in [0.29, 0.717) is 34.5 Å². The second kappa shape index (κ2) is 20.9. The summed E-state index contributed by atoms with van der Waals surface area (Å²) in [5.74, 6) is -0.0830. The van der Waals surface area contributed by atoms with Crippen LogP contribution in [0.15, 0.2) is 108 Å². The number of amides is 4. The van der Waals surface area contributed by atoms with Crippen LogP contribution < -0.4 is 20.4 Å². The van der Waals surface area contributed by atoms with Gasteiger partial charge in [0.2, 0.25) is 17.7 Å². The molecule has 0 aliphatic carbocycles. The largest absolute Gasteiger partial charge is 0.444 e. The quantitative estimate of drug-likeness (QED) is 0.0915. The van der Waals surface area contributed by atoms with E-state index in [-0.39, 0.29) is 54.6 Å². The van der Waals surface area contributed by atoms with Crippen molar-refractivity contribution in [3.8, 4) is 28.5 Å². The van der Waals surface area contributed by atoms with Gasteiger partial charge in [-0.05, 0) is 129 Å². The Kier molecular flexibility index (Phi) is 14.9. The third-order valence-electron chi connectivity index (χ3n) is 13.7. The highest BCUT2D eigenvalue weighted by atomic mass is 35.5. The second-order valence-electron chi connectivity index (χ2n) is 20.0. The third kappa shape index (κ3) is 10.8. The highest BCUT2D eigenvalue weighted by Gasteiger charge is 2.50. The van der Waals surface area contributed by atoms with Crippen molar-refractivity contribution in [2.75, 3.05) is 36.0 Å². The number of nitrogens with one attached hydrogen (secondary N) is 2. The van der Waals surface area contributed by atoms with Gasteiger partial charge < -0.3 is 34.9 Å². The second-order valence-corrected chi connectivity index (χ2v) is 20.8. The first-order chi connectivity index (χ1) is 33.4. The van der Waals surface area contributed by atoms with E-state index in [1.54, 1.807) is 24.4 Å². The maximum atomic E-state index is 14.1. The lowest BCUT2D eigenvalue weighted by atomic mass is 9.85. The summed E-state index contributed by atoms with van der Waals surface area (Å²) in [5.41, 5.74) is 5.17. The number of hydrogen-bond donors (Lipinski definition) is 3. The minimum Gasteiger partial charge on any atom is -0.444 e. The summed E-state index contributed by atoms with van der Waals surface area (Å²) in [5, 5.41) is 26.4. The lowest BCUT2D eigenvalue weighted by molar-refractivity contribution is -0.144. The van der Waals surface area contributed by atoms with Crippen LogP contribution in [0.5, 0.6) is 0 Å². The standard InChI is InChI=1S/C54H59ClN8O6S/c1-53(2,3)48(50(67)61-32-43(64)28-45(61)49(66)58-30-34-8-10-39(11-9-34)46-31-57-33-69-46)59-47(65)7-6-24-60-25-22-38(23-26-60)36-14-12-35(13-15-36)37-16-19-41(20-17-37)63-52(70)62(51(68)54(63,4)5)42-21-18-40(29-56)44(55)27-42/h8-21,27,31,33,38,43,45,48,64H,6-7,22-26,28,30,32H2,1-5H3,(H,58,66)(H,59,65)/t43-,45+,48?/m1/s1. The van der Waals surface area contributed by atoms with Gasteiger partial charge in [0.1, 0.15) is 23.7 Å². The average Bonchev–Trinajstić information content (AvgIpc) is 4.07. The molecule has 0 saturated carbocycles. The van der Waals surface area contributed by atoms with Gasteiger partial charge in [-0.1, -0.05) is 93.0 Å². The first-order valence-corrected chi connectivity index (χ1v) is 24.6. The first-order valence-electron chi connectivity index (χ1n) is 23.8. The van der Waals surface area contributed by atoms with Crippen molar-refractivity contribution in [3.63, 3.8) is 0 Å². The fourth-order valence-corrected chi connectivity index (χ4v) is 10.4. The number of aliphatic hydroxyl groups excluding tert-OH is 1. The predicted molar refractivity (Wildman–Crippen MR) is 274 cm³/mol. The van der Waals surface area contributed by atoms with Crippen LogP contribution in [0.3, 0.4) is 0 Å². The minimum atomic E-state index is -0.951. The molecule has 4 amide bonds. The number of rotatable bonds is 14. The molecule has 0 radical (unpaired) electrons. The van der Waals surface area contributed by atoms with E-state index in [1.807, 2.05) is 94.1 Å². The van der Waals surface area contributed by atoms with Gasteiger partial charge in [0.25, 0.3) is 5.91 Å². The van der Waals surface area contributed by atoms with Crippen LogP contribution in [0.25, 0.3) is 22.5 Å². The van der Waals surface area contributed by atoms with E-state index >= 15 is 0 Å². The number of likely N-dealkylation sites (tertiary alicyclic amines) is 2. The molecule has 4 aromatic carbocycles. The van der Waals surface area contributed by atoms with Gasteiger partial charge in [0, 0.05) is 37.2 Å². The van der Waals surface area contributed by atoms with Crippen molar-refractivity contribution in [3.05, 3.63) is 125 Å². The van der Waals surface area contributed by atoms with Gasteiger partial charge in [0.15, 0.2) is 17.3 Å². The van der Waals surface area contributed by atoms with E-state index in [2.05, 4.69) is 44.8 Å². The number of hydrogen-bond acceptors (Lipinski definition) is 10. The summed E-state index contributed by atoms with van der Waals surface area (Å²) in [6.07, 6.45) is 5.17. The van der Waals surface area contributed by atoms with Crippen LogP contribution in [0.1, 0.15) is 89.3 Å². The average molecular weight is 984 g/mol. The Morgan fingerprint density at radius 2 is 1.60 bits per heavy atom. The Morgan fingerprint density at radius 3 is 2.21 bits per heavy atom. The number of carbonyl (C=O) groups is 4. The molecule has 3 aliphatic heterocycles. The monoisotopic (exact) mass is 982 g/mol. The molecule has 3 N–H and O–H groups in total. The van der Waals surface area contributed by atoms with Crippen LogP contribution in [-0.2, 0) is 25.7 Å². The van der Waals surface area contributed by atoms with E-state index in [1.165, 1.54) is 21.8 Å². The zero-order valence-corrected chi connectivity index (χ0v) is 41.7. The molecule has 1 unspecified atom stereocenters. The summed E-state index contributed by atoms with van der Waals surface area (Å²) in [6.45, 7) is 12.2. The molecule has 0 bridgehead atoms. The fourth-order valence-electron chi connectivity index (χ4n) is 9.70. The number of nitrogens with zero attached hydrogens (tertiary/aromatic N) is 6. The van der Waals surface area contributed by atoms with E-state index in [0.717, 1.165) is 60.4 Å². The molecular weight excluding hydrogens is 924 g/mol. The Bertz CT molecular complexity index is 2760. The predicted octanol–water partition coefficient (Wildman–Crippen LogP) is 8.22. The topological polar surface area (TPSA) is 175 Å². The fraction of sp³-hybridized carbons (Fsp3) is 0.389. The number of β-amino-alcohol motifs (C(OH)–C–C–N with tert-alkyl or cyclic N) is 1. The van der Waals surface area contributed by atoms with Gasteiger partial charge >= 0.3 is 0 Å². The Hall–Kier alpha value is -6.44. The molecule has 364 valence electrons. The summed E-state index contributed by atoms with van der Waals surface area (Å²) >= 11 is 12.2. The lowest BCUT2D eigenvalue weighted by Crippen LogP contribution is -2.57. The molecular formula is C54H59ClN8O6S. The van der Waals surface area contributed by atoms with Gasteiger partial charge in [-0.2, -0.15) is 5.26 Å². The summed E-state index contributed by atoms with van der Waals surface area (Å²) in [4.78, 5) is 65.7. The van der Waals surface area contributed by atoms with Crippen LogP contribution in [0.2, 0.25) is 5.02 Å². The molecule has 16 heteroatoms. The number of nitriles is 1. The van der Waals surface area contributed by atoms with Crippen molar-refractivity contribution in [1.82, 2.24) is 25.4 Å². The number of anilines is 2. The number of aliphatic hydroxyl groups is 1. The summed E-state index contributed by atoms with van der Waals surface area (Å²) < 4.78 is 5.35. The number of piperidine rings is 1. The van der Waals surface area contributed by atoms with E-state index in [4.69, 9.17) is 28.2 Å². The molecule has 3 fully saturated rings. The number of halogens is 1. The van der Waals surface area contributed by atoms with Gasteiger partial charge in [-0.25, -0.2) is 4.98 Å². The smallest absolute Gasteiger partial charge is 0.259 e. The van der Waals surface area contributed by atoms with Crippen molar-refractivity contribution >= 4 is 63.9 Å². The Balaban J connectivity index is 0.791. The van der Waals surface area contributed by atoms with E-state index in [9.17, 15) is 29.5 Å². The van der Waals surface area contributed by atoms with Crippen LogP contribution in [0.4, 0.5) is 11.4 Å². The molecule has 3 atom stereocenters. The molecule has 3 aliphatic rings. The third-order valence-corrected chi connectivity index (χ3v) is 14.4. The summed E-state index contributed by atoms with van der Waals surface area (Å²) in [6, 6.07) is 29.4. The zero-order chi connectivity index (χ0) is 49.9. The molecule has 5 aromatic rings. The van der Waals surface area contributed by atoms with Crippen molar-refractivity contribution in [1.29, 1.82) is 5.26 Å². The zero-order valence-electron chi connectivity index (χ0n) is 40.2. The molecule has 1 aromatic heterocycles.